The summed E-state index contributed by atoms with van der Waals surface area (Å²) in [5.41, 5.74) is -1.08. The third kappa shape index (κ3) is 4.70. The number of hydrogen-bond acceptors (Lipinski definition) is 7. The summed E-state index contributed by atoms with van der Waals surface area (Å²) in [4.78, 5) is 50.2. The monoisotopic (exact) mass is 772 g/mol. The van der Waals surface area contributed by atoms with Crippen LogP contribution in [0.3, 0.4) is 0 Å². The Bertz CT molecular complexity index is 2130. The van der Waals surface area contributed by atoms with Crippen molar-refractivity contribution in [3.63, 3.8) is 0 Å². The van der Waals surface area contributed by atoms with Gasteiger partial charge in [-0.05, 0) is 18.2 Å². The van der Waals surface area contributed by atoms with Gasteiger partial charge in [0.1, 0.15) is 18.2 Å². The Kier molecular flexibility index (Phi) is 8.08. The molecule has 2 heterocycles. The third-order valence-corrected chi connectivity index (χ3v) is 11.4. The van der Waals surface area contributed by atoms with Crippen LogP contribution >= 0.6 is 92.8 Å². The molecule has 0 saturated carbocycles. The Hall–Kier alpha value is -1.93. The number of carbonyl (C=O) groups excluding carboxylic acids is 3. The molecule has 0 atom stereocenters. The van der Waals surface area contributed by atoms with E-state index < -0.39 is 38.4 Å². The summed E-state index contributed by atoms with van der Waals surface area (Å²) in [5.74, 6) is -4.04. The Balaban J connectivity index is 1.56. The molecule has 1 aliphatic heterocycles. The van der Waals surface area contributed by atoms with E-state index in [9.17, 15) is 27.4 Å². The zero-order valence-electron chi connectivity index (χ0n) is 20.8. The molecule has 1 aromatic heterocycles. The average molecular weight is 776 g/mol. The molecule has 9 nitrogen and oxygen atoms in total. The number of halogens is 8. The summed E-state index contributed by atoms with van der Waals surface area (Å²) in [6.45, 7) is -0.374. The number of hydroxylamine groups is 1. The molecule has 44 heavy (non-hydrogen) atoms. The van der Waals surface area contributed by atoms with Gasteiger partial charge in [-0.25, -0.2) is 4.98 Å². The van der Waals surface area contributed by atoms with Crippen LogP contribution in [0.25, 0.3) is 10.9 Å². The molecule has 226 valence electrons. The molecule has 0 bridgehead atoms. The smallest absolute Gasteiger partial charge is 0.293 e. The third-order valence-electron chi connectivity index (χ3n) is 6.96. The molecule has 2 aliphatic rings. The molecule has 1 aliphatic carbocycles. The second kappa shape index (κ2) is 11.1. The second-order valence-electron chi connectivity index (χ2n) is 9.38. The van der Waals surface area contributed by atoms with Gasteiger partial charge >= 0.3 is 0 Å². The molecule has 0 spiro atoms. The zero-order valence-corrected chi connectivity index (χ0v) is 27.7. The van der Waals surface area contributed by atoms with Crippen molar-refractivity contribution in [2.75, 3.05) is 5.06 Å². The van der Waals surface area contributed by atoms with Gasteiger partial charge in [0.2, 0.25) is 0 Å². The number of hydrogen-bond donors (Lipinski definition) is 1. The van der Waals surface area contributed by atoms with Gasteiger partial charge in [0, 0.05) is 10.9 Å². The first-order chi connectivity index (χ1) is 20.6. The fourth-order valence-electron chi connectivity index (χ4n) is 4.94. The lowest BCUT2D eigenvalue weighted by Crippen LogP contribution is -2.36. The Labute approximate surface area is 287 Å². The van der Waals surface area contributed by atoms with E-state index in [-0.39, 0.29) is 91.3 Å². The fraction of sp³-hybridized carbons (Fsp3) is 0.0769. The molecule has 1 N–H and O–H groups in total. The van der Waals surface area contributed by atoms with E-state index in [1.54, 1.807) is 0 Å². The van der Waals surface area contributed by atoms with Crippen LogP contribution in [0.1, 0.15) is 48.2 Å². The van der Waals surface area contributed by atoms with Crippen molar-refractivity contribution in [1.29, 1.82) is 0 Å². The number of ketones is 2. The van der Waals surface area contributed by atoms with E-state index in [1.807, 2.05) is 0 Å². The standard InChI is InChI=1S/C26H8Cl8N2O7S/c27-15-8-5-43-36(26(39)11(8)16(28)20(32)19(15)31)10-4-7(44(40,41)42)3-6-1-2-9(35-23(6)10)12-24(37)13-14(25(12)38)18(30)22(34)21(33)17(13)29/h1-4,12H,5H2,(H,40,41,42). The van der Waals surface area contributed by atoms with Crippen molar-refractivity contribution in [2.45, 2.75) is 17.4 Å². The van der Waals surface area contributed by atoms with E-state index in [1.165, 1.54) is 12.1 Å². The molecule has 0 radical (unpaired) electrons. The van der Waals surface area contributed by atoms with E-state index in [4.69, 9.17) is 97.6 Å². The van der Waals surface area contributed by atoms with E-state index in [0.29, 0.717) is 5.06 Å². The molecule has 3 aromatic carbocycles. The van der Waals surface area contributed by atoms with Crippen molar-refractivity contribution in [3.05, 3.63) is 92.4 Å². The van der Waals surface area contributed by atoms with Gasteiger partial charge in [0.25, 0.3) is 16.0 Å². The maximum Gasteiger partial charge on any atom is 0.294 e. The normalized spacial score (nSPS) is 15.4. The molecule has 0 unspecified atom stereocenters. The van der Waals surface area contributed by atoms with Crippen LogP contribution in [0.2, 0.25) is 40.2 Å². The van der Waals surface area contributed by atoms with Gasteiger partial charge in [0.15, 0.2) is 11.6 Å². The van der Waals surface area contributed by atoms with Gasteiger partial charge in [-0.2, -0.15) is 13.5 Å². The van der Waals surface area contributed by atoms with Gasteiger partial charge in [0.05, 0.1) is 73.0 Å². The lowest BCUT2D eigenvalue weighted by Gasteiger charge is -2.30. The predicted octanol–water partition coefficient (Wildman–Crippen LogP) is 8.96. The van der Waals surface area contributed by atoms with Crippen LogP contribution in [0.15, 0.2) is 29.2 Å². The Morgan fingerprint density at radius 1 is 0.750 bits per heavy atom. The zero-order chi connectivity index (χ0) is 32.2. The van der Waals surface area contributed by atoms with E-state index >= 15 is 0 Å². The lowest BCUT2D eigenvalue weighted by atomic mass is 9.98. The van der Waals surface area contributed by atoms with Gasteiger partial charge in [-0.1, -0.05) is 98.9 Å². The van der Waals surface area contributed by atoms with Crippen LogP contribution in [-0.4, -0.2) is 35.4 Å². The minimum atomic E-state index is -4.83. The minimum absolute atomic E-state index is 0.0666. The Morgan fingerprint density at radius 3 is 1.82 bits per heavy atom. The SMILES string of the molecule is O=C1c2c(Cl)c(Cl)c(Cl)c(Cl)c2C(=O)C1c1ccc2cc(S(=O)(=O)O)cc(N3OCc4c(Cl)c(Cl)c(Cl)c(Cl)c4C3=O)c2n1. The van der Waals surface area contributed by atoms with Crippen LogP contribution in [0.5, 0.6) is 0 Å². The topological polar surface area (TPSA) is 131 Å². The summed E-state index contributed by atoms with van der Waals surface area (Å²) in [6.07, 6.45) is 0. The highest BCUT2D eigenvalue weighted by atomic mass is 35.5. The quantitative estimate of drug-likeness (QED) is 0.0945. The van der Waals surface area contributed by atoms with Crippen molar-refractivity contribution in [3.8, 4) is 0 Å². The number of Topliss-reactive ketones (excluding diaryl/α,β-unsaturated/α-hetero) is 2. The summed E-state index contributed by atoms with van der Waals surface area (Å²) in [5, 5.41) is -0.881. The predicted molar refractivity (Wildman–Crippen MR) is 168 cm³/mol. The number of aromatic nitrogens is 1. The average Bonchev–Trinajstić information content (AvgIpc) is 3.24. The fourth-order valence-corrected chi connectivity index (χ4v) is 7.55. The number of amides is 1. The first-order valence-electron chi connectivity index (χ1n) is 11.7. The number of benzene rings is 3. The molecule has 18 heteroatoms. The summed E-state index contributed by atoms with van der Waals surface area (Å²) < 4.78 is 34.2. The lowest BCUT2D eigenvalue weighted by molar-refractivity contribution is 0.0532. The van der Waals surface area contributed by atoms with Crippen LogP contribution < -0.4 is 5.06 Å². The first-order valence-corrected chi connectivity index (χ1v) is 16.2. The van der Waals surface area contributed by atoms with Crippen LogP contribution in [-0.2, 0) is 21.6 Å². The number of carbonyl (C=O) groups is 3. The highest BCUT2D eigenvalue weighted by Gasteiger charge is 2.45. The van der Waals surface area contributed by atoms with Crippen molar-refractivity contribution < 1.29 is 32.2 Å². The highest BCUT2D eigenvalue weighted by molar-refractivity contribution is 7.85. The number of anilines is 1. The number of rotatable bonds is 3. The van der Waals surface area contributed by atoms with Gasteiger partial charge in [-0.3, -0.25) is 23.8 Å². The number of pyridine rings is 1. The van der Waals surface area contributed by atoms with E-state index in [0.717, 1.165) is 12.1 Å². The van der Waals surface area contributed by atoms with E-state index in [2.05, 4.69) is 4.98 Å². The first kappa shape index (κ1) is 32.0. The second-order valence-corrected chi connectivity index (χ2v) is 13.8. The molecule has 6 rings (SSSR count). The molecule has 4 aromatic rings. The summed E-state index contributed by atoms with van der Waals surface area (Å²) in [6, 6.07) is 4.58. The largest absolute Gasteiger partial charge is 0.294 e. The molecular weight excluding hydrogens is 768 g/mol. The summed E-state index contributed by atoms with van der Waals surface area (Å²) in [7, 11) is -4.83. The van der Waals surface area contributed by atoms with Crippen LogP contribution in [0.4, 0.5) is 5.69 Å². The molecular formula is C26H8Cl8N2O7S. The number of nitrogens with zero attached hydrogens (tertiary/aromatic N) is 2. The van der Waals surface area contributed by atoms with Crippen molar-refractivity contribution in [1.82, 2.24) is 4.98 Å². The molecule has 0 saturated heterocycles. The molecule has 0 fully saturated rings. The Morgan fingerprint density at radius 2 is 1.27 bits per heavy atom. The van der Waals surface area contributed by atoms with Crippen molar-refractivity contribution in [2.24, 2.45) is 0 Å². The maximum atomic E-state index is 13.7. The summed E-state index contributed by atoms with van der Waals surface area (Å²) >= 11 is 49.7. The highest BCUT2D eigenvalue weighted by Crippen LogP contribution is 2.49. The van der Waals surface area contributed by atoms with Gasteiger partial charge in [-0.15, -0.1) is 0 Å². The van der Waals surface area contributed by atoms with Crippen LogP contribution in [0, 0.1) is 0 Å². The maximum absolute atomic E-state index is 13.7. The number of fused-ring (bicyclic) bond motifs is 3. The minimum Gasteiger partial charge on any atom is -0.293 e. The molecule has 1 amide bonds. The van der Waals surface area contributed by atoms with Gasteiger partial charge < -0.3 is 0 Å². The van der Waals surface area contributed by atoms with Crippen molar-refractivity contribution >= 4 is 137 Å².